The number of likely N-dealkylation sites (tertiary alicyclic amines) is 1. The van der Waals surface area contributed by atoms with Crippen LogP contribution < -0.4 is 0 Å². The summed E-state index contributed by atoms with van der Waals surface area (Å²) in [6.45, 7) is 9.67. The highest BCUT2D eigenvalue weighted by Gasteiger charge is 2.27. The summed E-state index contributed by atoms with van der Waals surface area (Å²) in [7, 11) is 0. The van der Waals surface area contributed by atoms with Gasteiger partial charge in [0.25, 0.3) is 0 Å². The van der Waals surface area contributed by atoms with Crippen molar-refractivity contribution < 1.29 is 9.84 Å². The van der Waals surface area contributed by atoms with Gasteiger partial charge in [-0.1, -0.05) is 13.8 Å². The van der Waals surface area contributed by atoms with Crippen LogP contribution in [0.2, 0.25) is 0 Å². The van der Waals surface area contributed by atoms with Gasteiger partial charge >= 0.3 is 0 Å². The highest BCUT2D eigenvalue weighted by atomic mass is 16.5. The third-order valence-electron chi connectivity index (χ3n) is 2.93. The SMILES string of the molecule is CC(C)C1CN(CCCOCCO)C1. The molecular weight excluding hydrogens is 178 g/mol. The molecule has 0 spiro atoms. The van der Waals surface area contributed by atoms with Gasteiger partial charge in [-0.3, -0.25) is 0 Å². The number of rotatable bonds is 7. The molecule has 1 aliphatic heterocycles. The van der Waals surface area contributed by atoms with Crippen molar-refractivity contribution in [3.05, 3.63) is 0 Å². The van der Waals surface area contributed by atoms with Gasteiger partial charge in [-0.15, -0.1) is 0 Å². The highest BCUT2D eigenvalue weighted by molar-refractivity contribution is 4.81. The molecule has 0 amide bonds. The average molecular weight is 201 g/mol. The van der Waals surface area contributed by atoms with Crippen molar-refractivity contribution in [1.29, 1.82) is 0 Å². The standard InChI is InChI=1S/C11H23NO2/c1-10(2)11-8-12(9-11)4-3-6-14-7-5-13/h10-11,13H,3-9H2,1-2H3. The van der Waals surface area contributed by atoms with E-state index in [0.717, 1.165) is 31.4 Å². The Balaban J connectivity index is 1.86. The fourth-order valence-corrected chi connectivity index (χ4v) is 1.77. The van der Waals surface area contributed by atoms with E-state index < -0.39 is 0 Å². The van der Waals surface area contributed by atoms with Gasteiger partial charge < -0.3 is 14.7 Å². The Kier molecular flexibility index (Phi) is 5.45. The lowest BCUT2D eigenvalue weighted by atomic mass is 9.88. The Morgan fingerprint density at radius 3 is 2.64 bits per heavy atom. The molecule has 1 heterocycles. The number of nitrogens with zero attached hydrogens (tertiary/aromatic N) is 1. The summed E-state index contributed by atoms with van der Waals surface area (Å²) in [5.41, 5.74) is 0. The normalized spacial score (nSPS) is 18.9. The molecule has 0 atom stereocenters. The molecule has 0 bridgehead atoms. The van der Waals surface area contributed by atoms with Gasteiger partial charge in [-0.25, -0.2) is 0 Å². The van der Waals surface area contributed by atoms with E-state index in [1.807, 2.05) is 0 Å². The predicted molar refractivity (Wildman–Crippen MR) is 57.3 cm³/mol. The lowest BCUT2D eigenvalue weighted by Gasteiger charge is -2.41. The smallest absolute Gasteiger partial charge is 0.0697 e. The second-order valence-electron chi connectivity index (χ2n) is 4.45. The average Bonchev–Trinajstić information content (AvgIpc) is 2.06. The van der Waals surface area contributed by atoms with Crippen LogP contribution in [0.4, 0.5) is 0 Å². The Hall–Kier alpha value is -0.120. The Morgan fingerprint density at radius 2 is 2.07 bits per heavy atom. The Morgan fingerprint density at radius 1 is 1.36 bits per heavy atom. The fraction of sp³-hybridized carbons (Fsp3) is 1.00. The maximum Gasteiger partial charge on any atom is 0.0697 e. The van der Waals surface area contributed by atoms with Gasteiger partial charge in [0.15, 0.2) is 0 Å². The minimum Gasteiger partial charge on any atom is -0.394 e. The minimum atomic E-state index is 0.138. The van der Waals surface area contributed by atoms with E-state index in [-0.39, 0.29) is 6.61 Å². The molecule has 3 heteroatoms. The highest BCUT2D eigenvalue weighted by Crippen LogP contribution is 2.22. The zero-order valence-electron chi connectivity index (χ0n) is 9.41. The first-order valence-corrected chi connectivity index (χ1v) is 5.65. The first-order chi connectivity index (χ1) is 6.74. The summed E-state index contributed by atoms with van der Waals surface area (Å²) < 4.78 is 5.20. The first-order valence-electron chi connectivity index (χ1n) is 5.65. The van der Waals surface area contributed by atoms with Crippen molar-refractivity contribution in [2.24, 2.45) is 11.8 Å². The zero-order valence-corrected chi connectivity index (χ0v) is 9.41. The van der Waals surface area contributed by atoms with Crippen LogP contribution in [0.3, 0.4) is 0 Å². The Labute approximate surface area is 87.1 Å². The van der Waals surface area contributed by atoms with Crippen LogP contribution in [0.25, 0.3) is 0 Å². The lowest BCUT2D eigenvalue weighted by Crippen LogP contribution is -2.49. The number of ether oxygens (including phenoxy) is 1. The van der Waals surface area contributed by atoms with Crippen molar-refractivity contribution in [2.75, 3.05) is 39.5 Å². The molecule has 0 radical (unpaired) electrons. The quantitative estimate of drug-likeness (QED) is 0.623. The van der Waals surface area contributed by atoms with Crippen LogP contribution >= 0.6 is 0 Å². The topological polar surface area (TPSA) is 32.7 Å². The monoisotopic (exact) mass is 201 g/mol. The summed E-state index contributed by atoms with van der Waals surface area (Å²) in [5.74, 6) is 1.74. The largest absolute Gasteiger partial charge is 0.394 e. The van der Waals surface area contributed by atoms with Crippen molar-refractivity contribution in [3.63, 3.8) is 0 Å². The molecule has 1 rings (SSSR count). The van der Waals surface area contributed by atoms with E-state index >= 15 is 0 Å². The van der Waals surface area contributed by atoms with Gasteiger partial charge in [-0.2, -0.15) is 0 Å². The lowest BCUT2D eigenvalue weighted by molar-refractivity contribution is 0.0464. The maximum absolute atomic E-state index is 8.49. The van der Waals surface area contributed by atoms with Gasteiger partial charge in [0.2, 0.25) is 0 Å². The maximum atomic E-state index is 8.49. The van der Waals surface area contributed by atoms with E-state index in [0.29, 0.717) is 6.61 Å². The number of aliphatic hydroxyl groups excluding tert-OH is 1. The summed E-state index contributed by atoms with van der Waals surface area (Å²) >= 11 is 0. The molecule has 0 unspecified atom stereocenters. The zero-order chi connectivity index (χ0) is 10.4. The number of hydrogen-bond acceptors (Lipinski definition) is 3. The summed E-state index contributed by atoms with van der Waals surface area (Å²) in [5, 5.41) is 8.49. The van der Waals surface area contributed by atoms with Crippen molar-refractivity contribution in [1.82, 2.24) is 4.90 Å². The minimum absolute atomic E-state index is 0.138. The molecular formula is C11H23NO2. The number of aliphatic hydroxyl groups is 1. The van der Waals surface area contributed by atoms with E-state index in [2.05, 4.69) is 18.7 Å². The fourth-order valence-electron chi connectivity index (χ4n) is 1.77. The van der Waals surface area contributed by atoms with Gasteiger partial charge in [0.1, 0.15) is 0 Å². The van der Waals surface area contributed by atoms with Crippen molar-refractivity contribution >= 4 is 0 Å². The van der Waals surface area contributed by atoms with Crippen molar-refractivity contribution in [2.45, 2.75) is 20.3 Å². The van der Waals surface area contributed by atoms with Gasteiger partial charge in [0, 0.05) is 26.2 Å². The van der Waals surface area contributed by atoms with Crippen LogP contribution in [0, 0.1) is 11.8 Å². The van der Waals surface area contributed by atoms with Crippen LogP contribution in [0.5, 0.6) is 0 Å². The van der Waals surface area contributed by atoms with Crippen molar-refractivity contribution in [3.8, 4) is 0 Å². The van der Waals surface area contributed by atoms with E-state index in [9.17, 15) is 0 Å². The molecule has 1 fully saturated rings. The second-order valence-corrected chi connectivity index (χ2v) is 4.45. The Bertz CT molecular complexity index is 144. The summed E-state index contributed by atoms with van der Waals surface area (Å²) in [6, 6.07) is 0. The summed E-state index contributed by atoms with van der Waals surface area (Å²) in [4.78, 5) is 2.48. The van der Waals surface area contributed by atoms with Crippen LogP contribution in [0.1, 0.15) is 20.3 Å². The molecule has 3 nitrogen and oxygen atoms in total. The molecule has 0 aromatic heterocycles. The second kappa shape index (κ2) is 6.38. The molecule has 0 saturated carbocycles. The molecule has 0 aromatic carbocycles. The molecule has 1 aliphatic rings. The van der Waals surface area contributed by atoms with Gasteiger partial charge in [-0.05, 0) is 18.3 Å². The molecule has 1 saturated heterocycles. The third kappa shape index (κ3) is 3.95. The van der Waals surface area contributed by atoms with Crippen LogP contribution in [-0.4, -0.2) is 49.5 Å². The third-order valence-corrected chi connectivity index (χ3v) is 2.93. The van der Waals surface area contributed by atoms with E-state index in [1.54, 1.807) is 0 Å². The molecule has 0 aliphatic carbocycles. The molecule has 14 heavy (non-hydrogen) atoms. The molecule has 0 aromatic rings. The summed E-state index contributed by atoms with van der Waals surface area (Å²) in [6.07, 6.45) is 1.09. The van der Waals surface area contributed by atoms with E-state index in [4.69, 9.17) is 9.84 Å². The van der Waals surface area contributed by atoms with Gasteiger partial charge in [0.05, 0.1) is 13.2 Å². The van der Waals surface area contributed by atoms with Crippen LogP contribution in [-0.2, 0) is 4.74 Å². The number of hydrogen-bond donors (Lipinski definition) is 1. The predicted octanol–water partition coefficient (Wildman–Crippen LogP) is 0.973. The first kappa shape index (κ1) is 12.0. The van der Waals surface area contributed by atoms with Crippen LogP contribution in [0.15, 0.2) is 0 Å². The molecule has 84 valence electrons. The van der Waals surface area contributed by atoms with E-state index in [1.165, 1.54) is 13.1 Å². The molecule has 1 N–H and O–H groups in total.